The molecule has 0 saturated heterocycles. The zero-order valence-electron chi connectivity index (χ0n) is 11.6. The molecule has 0 radical (unpaired) electrons. The van der Waals surface area contributed by atoms with Crippen LogP contribution in [0.2, 0.25) is 0 Å². The maximum Gasteiger partial charge on any atom is 0.156 e. The largest absolute Gasteiger partial charge is 0.361 e. The van der Waals surface area contributed by atoms with Crippen LogP contribution in [0.25, 0.3) is 11.0 Å². The smallest absolute Gasteiger partial charge is 0.156 e. The lowest BCUT2D eigenvalue weighted by Gasteiger charge is -2.03. The van der Waals surface area contributed by atoms with Crippen LogP contribution >= 0.6 is 0 Å². The zero-order valence-corrected chi connectivity index (χ0v) is 11.6. The van der Waals surface area contributed by atoms with Crippen molar-refractivity contribution in [1.82, 2.24) is 20.1 Å². The monoisotopic (exact) mass is 271 g/mol. The van der Waals surface area contributed by atoms with E-state index in [0.717, 1.165) is 34.7 Å². The van der Waals surface area contributed by atoms with Crippen molar-refractivity contribution in [3.63, 3.8) is 0 Å². The van der Waals surface area contributed by atoms with Gasteiger partial charge in [-0.3, -0.25) is 0 Å². The van der Waals surface area contributed by atoms with Crippen molar-refractivity contribution in [3.05, 3.63) is 36.1 Å². The summed E-state index contributed by atoms with van der Waals surface area (Å²) in [5, 5.41) is 7.31. The van der Waals surface area contributed by atoms with E-state index in [1.807, 2.05) is 18.3 Å². The Kier molecular flexibility index (Phi) is 3.37. The minimum Gasteiger partial charge on any atom is -0.361 e. The fourth-order valence-electron chi connectivity index (χ4n) is 2.13. The predicted octanol–water partition coefficient (Wildman–Crippen LogP) is 2.76. The van der Waals surface area contributed by atoms with Crippen molar-refractivity contribution < 1.29 is 4.52 Å². The molecular weight excluding hydrogens is 254 g/mol. The van der Waals surface area contributed by atoms with Crippen LogP contribution in [0.1, 0.15) is 25.3 Å². The van der Waals surface area contributed by atoms with E-state index in [9.17, 15) is 0 Å². The van der Waals surface area contributed by atoms with Crippen LogP contribution in [0.4, 0.5) is 5.82 Å². The fraction of sp³-hybridized carbons (Fsp3) is 0.357. The molecule has 104 valence electrons. The number of nitrogens with zero attached hydrogens (tertiary/aromatic N) is 3. The number of rotatable bonds is 5. The van der Waals surface area contributed by atoms with Gasteiger partial charge in [-0.15, -0.1) is 0 Å². The maximum atomic E-state index is 5.31. The molecule has 0 atom stereocenters. The number of hydrogen-bond donors (Lipinski definition) is 2. The number of H-pyrrole nitrogens is 1. The second kappa shape index (κ2) is 5.32. The maximum absolute atomic E-state index is 5.31. The van der Waals surface area contributed by atoms with Crippen LogP contribution in [0.3, 0.4) is 0 Å². The summed E-state index contributed by atoms with van der Waals surface area (Å²) in [5.74, 6) is 2.14. The molecule has 0 unspecified atom stereocenters. The molecule has 3 aromatic heterocycles. The number of fused-ring (bicyclic) bond motifs is 1. The van der Waals surface area contributed by atoms with Crippen molar-refractivity contribution >= 4 is 16.9 Å². The van der Waals surface area contributed by atoms with Gasteiger partial charge in [0.25, 0.3) is 0 Å². The van der Waals surface area contributed by atoms with Crippen LogP contribution in [0.15, 0.2) is 29.2 Å². The van der Waals surface area contributed by atoms with Gasteiger partial charge in [0.05, 0.1) is 17.8 Å². The molecule has 0 amide bonds. The number of anilines is 1. The highest BCUT2D eigenvalue weighted by molar-refractivity contribution is 5.85. The third-order valence-corrected chi connectivity index (χ3v) is 3.00. The quantitative estimate of drug-likeness (QED) is 0.746. The van der Waals surface area contributed by atoms with Crippen LogP contribution in [-0.2, 0) is 13.0 Å². The minimum absolute atomic E-state index is 0.552. The lowest BCUT2D eigenvalue weighted by Crippen LogP contribution is -2.01. The molecule has 0 aromatic carbocycles. The van der Waals surface area contributed by atoms with Gasteiger partial charge in [0.1, 0.15) is 11.8 Å². The van der Waals surface area contributed by atoms with Gasteiger partial charge in [-0.05, 0) is 18.4 Å². The van der Waals surface area contributed by atoms with Crippen LogP contribution in [0, 0.1) is 5.92 Å². The van der Waals surface area contributed by atoms with Gasteiger partial charge in [0.2, 0.25) is 0 Å². The van der Waals surface area contributed by atoms with Gasteiger partial charge < -0.3 is 14.8 Å². The van der Waals surface area contributed by atoms with E-state index in [2.05, 4.69) is 39.3 Å². The average molecular weight is 271 g/mol. The van der Waals surface area contributed by atoms with Crippen molar-refractivity contribution in [2.45, 2.75) is 26.8 Å². The molecule has 20 heavy (non-hydrogen) atoms. The molecule has 0 aliphatic heterocycles. The van der Waals surface area contributed by atoms with Crippen LogP contribution < -0.4 is 5.32 Å². The topological polar surface area (TPSA) is 79.6 Å². The minimum atomic E-state index is 0.552. The molecule has 3 aromatic rings. The summed E-state index contributed by atoms with van der Waals surface area (Å²) >= 11 is 0. The van der Waals surface area contributed by atoms with E-state index in [1.165, 1.54) is 0 Å². The first-order chi connectivity index (χ1) is 9.72. The van der Waals surface area contributed by atoms with Crippen LogP contribution in [0.5, 0.6) is 0 Å². The molecule has 0 spiro atoms. The molecule has 3 rings (SSSR count). The second-order valence-corrected chi connectivity index (χ2v) is 5.20. The van der Waals surface area contributed by atoms with Gasteiger partial charge >= 0.3 is 0 Å². The SMILES string of the molecule is CC(C)Cc1cc(CNc2ncnc3cc[nH]c23)on1. The van der Waals surface area contributed by atoms with Crippen LogP contribution in [-0.4, -0.2) is 20.1 Å². The standard InChI is InChI=1S/C14H17N5O/c1-9(2)5-10-6-11(20-19-10)7-16-14-13-12(3-4-15-13)17-8-18-14/h3-4,6,8-9,15H,5,7H2,1-2H3,(H,16,17,18). The van der Waals surface area contributed by atoms with Gasteiger partial charge in [0, 0.05) is 12.3 Å². The van der Waals surface area contributed by atoms with Gasteiger partial charge in [-0.2, -0.15) is 0 Å². The Balaban J connectivity index is 1.70. The summed E-state index contributed by atoms with van der Waals surface area (Å²) < 4.78 is 5.31. The molecule has 2 N–H and O–H groups in total. The summed E-state index contributed by atoms with van der Waals surface area (Å²) in [6, 6.07) is 3.90. The van der Waals surface area contributed by atoms with E-state index in [4.69, 9.17) is 4.52 Å². The molecule has 6 heteroatoms. The first kappa shape index (κ1) is 12.7. The van der Waals surface area contributed by atoms with Gasteiger partial charge in [-0.25, -0.2) is 9.97 Å². The number of nitrogens with one attached hydrogen (secondary N) is 2. The Morgan fingerprint density at radius 2 is 2.25 bits per heavy atom. The number of aromatic nitrogens is 4. The summed E-state index contributed by atoms with van der Waals surface area (Å²) in [5.41, 5.74) is 2.78. The Morgan fingerprint density at radius 3 is 3.10 bits per heavy atom. The normalized spacial score (nSPS) is 11.3. The average Bonchev–Trinajstić information content (AvgIpc) is 3.04. The third-order valence-electron chi connectivity index (χ3n) is 3.00. The van der Waals surface area contributed by atoms with Crippen molar-refractivity contribution in [3.8, 4) is 0 Å². The predicted molar refractivity (Wildman–Crippen MR) is 76.3 cm³/mol. The highest BCUT2D eigenvalue weighted by atomic mass is 16.5. The zero-order chi connectivity index (χ0) is 13.9. The Bertz CT molecular complexity index is 700. The Morgan fingerprint density at radius 1 is 1.35 bits per heavy atom. The summed E-state index contributed by atoms with van der Waals surface area (Å²) in [6.45, 7) is 4.88. The van der Waals surface area contributed by atoms with E-state index in [1.54, 1.807) is 6.33 Å². The van der Waals surface area contributed by atoms with Gasteiger partial charge in [-0.1, -0.05) is 19.0 Å². The molecule has 0 aliphatic rings. The number of aromatic amines is 1. The van der Waals surface area contributed by atoms with E-state index < -0.39 is 0 Å². The molecular formula is C14H17N5O. The molecule has 0 aliphatic carbocycles. The lowest BCUT2D eigenvalue weighted by atomic mass is 10.1. The first-order valence-corrected chi connectivity index (χ1v) is 6.69. The Labute approximate surface area is 116 Å². The number of hydrogen-bond acceptors (Lipinski definition) is 5. The Hall–Kier alpha value is -2.37. The van der Waals surface area contributed by atoms with Crippen molar-refractivity contribution in [2.24, 2.45) is 5.92 Å². The van der Waals surface area contributed by atoms with E-state index >= 15 is 0 Å². The molecule has 0 bridgehead atoms. The highest BCUT2D eigenvalue weighted by Gasteiger charge is 2.08. The van der Waals surface area contributed by atoms with Crippen molar-refractivity contribution in [1.29, 1.82) is 0 Å². The highest BCUT2D eigenvalue weighted by Crippen LogP contribution is 2.17. The summed E-state index contributed by atoms with van der Waals surface area (Å²) in [6.07, 6.45) is 4.32. The second-order valence-electron chi connectivity index (χ2n) is 5.20. The van der Waals surface area contributed by atoms with E-state index in [0.29, 0.717) is 12.5 Å². The lowest BCUT2D eigenvalue weighted by molar-refractivity contribution is 0.378. The van der Waals surface area contributed by atoms with E-state index in [-0.39, 0.29) is 0 Å². The molecule has 3 heterocycles. The molecule has 0 fully saturated rings. The van der Waals surface area contributed by atoms with Gasteiger partial charge in [0.15, 0.2) is 11.6 Å². The fourth-order valence-corrected chi connectivity index (χ4v) is 2.13. The molecule has 0 saturated carbocycles. The first-order valence-electron chi connectivity index (χ1n) is 6.69. The summed E-state index contributed by atoms with van der Waals surface area (Å²) in [7, 11) is 0. The molecule has 6 nitrogen and oxygen atoms in total. The summed E-state index contributed by atoms with van der Waals surface area (Å²) in [4.78, 5) is 11.5. The van der Waals surface area contributed by atoms with Crippen molar-refractivity contribution in [2.75, 3.05) is 5.32 Å². The third kappa shape index (κ3) is 2.64.